The maximum atomic E-state index is 13.7. The molecule has 0 saturated carbocycles. The van der Waals surface area contributed by atoms with Crippen molar-refractivity contribution in [2.75, 3.05) is 50.0 Å². The highest BCUT2D eigenvalue weighted by Gasteiger charge is 2.32. The van der Waals surface area contributed by atoms with Crippen molar-refractivity contribution < 1.29 is 23.9 Å². The van der Waals surface area contributed by atoms with E-state index in [4.69, 9.17) is 9.47 Å². The zero-order valence-corrected chi connectivity index (χ0v) is 27.5. The predicted molar refractivity (Wildman–Crippen MR) is 177 cm³/mol. The summed E-state index contributed by atoms with van der Waals surface area (Å²) in [6, 6.07) is 8.64. The van der Waals surface area contributed by atoms with Crippen molar-refractivity contribution in [1.82, 2.24) is 25.1 Å². The molecular formula is C32H44N7O5S+. The van der Waals surface area contributed by atoms with Gasteiger partial charge in [0.15, 0.2) is 10.7 Å². The molecule has 12 nitrogen and oxygen atoms in total. The van der Waals surface area contributed by atoms with E-state index >= 15 is 0 Å². The highest BCUT2D eigenvalue weighted by molar-refractivity contribution is 7.42. The number of likely N-dealkylation sites (N-methyl/N-ethyl adjacent to an activating group) is 1. The topological polar surface area (TPSA) is 138 Å². The Hall–Kier alpha value is -4.23. The number of carbonyl (C=O) groups is 3. The Morgan fingerprint density at radius 2 is 1.82 bits per heavy atom. The smallest absolute Gasteiger partial charge is 0.410 e. The van der Waals surface area contributed by atoms with Crippen LogP contribution in [0, 0.1) is 0 Å². The lowest BCUT2D eigenvalue weighted by atomic mass is 10.1. The summed E-state index contributed by atoms with van der Waals surface area (Å²) < 4.78 is 11.5. The number of nitrogens with one attached hydrogen (secondary N) is 3. The minimum Gasteiger partial charge on any atom is -0.492 e. The molecule has 2 aromatic heterocycles. The second kappa shape index (κ2) is 15.7. The molecule has 1 saturated heterocycles. The Morgan fingerprint density at radius 1 is 1.07 bits per heavy atom. The maximum Gasteiger partial charge on any atom is 0.410 e. The van der Waals surface area contributed by atoms with Crippen LogP contribution in [-0.2, 0) is 4.74 Å². The lowest BCUT2D eigenvalue weighted by Gasteiger charge is -2.34. The van der Waals surface area contributed by atoms with E-state index in [2.05, 4.69) is 44.7 Å². The first-order valence-electron chi connectivity index (χ1n) is 15.3. The number of aromatic nitrogens is 2. The van der Waals surface area contributed by atoms with Gasteiger partial charge in [0, 0.05) is 66.7 Å². The van der Waals surface area contributed by atoms with Gasteiger partial charge in [0.25, 0.3) is 10.9 Å². The first-order chi connectivity index (χ1) is 21.6. The van der Waals surface area contributed by atoms with Crippen LogP contribution in [-0.4, -0.2) is 88.8 Å². The maximum absolute atomic E-state index is 13.7. The number of ether oxygens (including phenoxy) is 2. The number of rotatable bonds is 11. The zero-order valence-electron chi connectivity index (χ0n) is 26.7. The summed E-state index contributed by atoms with van der Waals surface area (Å²) in [5.74, 6) is 0.702. The highest BCUT2D eigenvalue weighted by atomic mass is 32.2. The average Bonchev–Trinajstić information content (AvgIpc) is 3.42. The van der Waals surface area contributed by atoms with Crippen molar-refractivity contribution >= 4 is 39.3 Å². The summed E-state index contributed by atoms with van der Waals surface area (Å²) in [4.78, 5) is 52.3. The van der Waals surface area contributed by atoms with Gasteiger partial charge in [0.1, 0.15) is 28.9 Å². The number of thiophene rings is 1. The third kappa shape index (κ3) is 9.88. The van der Waals surface area contributed by atoms with E-state index < -0.39 is 28.2 Å². The SMILES string of the molecule is CCN(CC)CCOc1ccc(-[s+]2ccc(C(=O)NC3CCCN(C(=O)OC(C)(C)C)C3)c2NC(=O)Nc2cnccn2)cc1. The molecule has 4 rings (SSSR count). The Morgan fingerprint density at radius 3 is 2.49 bits per heavy atom. The number of carbonyl (C=O) groups excluding carboxylic acids is 3. The van der Waals surface area contributed by atoms with Crippen LogP contribution in [0.2, 0.25) is 0 Å². The third-order valence-corrected chi connectivity index (χ3v) is 9.12. The van der Waals surface area contributed by atoms with Crippen LogP contribution < -0.4 is 20.7 Å². The highest BCUT2D eigenvalue weighted by Crippen LogP contribution is 2.43. The minimum atomic E-state index is -0.732. The molecule has 1 aliphatic rings. The number of benzene rings is 1. The predicted octanol–water partition coefficient (Wildman–Crippen LogP) is 5.71. The van der Waals surface area contributed by atoms with E-state index in [0.717, 1.165) is 43.1 Å². The van der Waals surface area contributed by atoms with Gasteiger partial charge >= 0.3 is 12.1 Å². The summed E-state index contributed by atoms with van der Waals surface area (Å²) in [6.45, 7) is 14.0. The van der Waals surface area contributed by atoms with Crippen LogP contribution in [0.1, 0.15) is 57.8 Å². The standard InChI is InChI=1S/C32H43N7O5S/c1-6-38(7-2)18-19-43-24-10-12-25(13-11-24)45-20-14-26(29(45)37-30(41)36-27-21-33-15-16-34-27)28(40)35-23-9-8-17-39(22-23)31(42)44-32(3,4)5/h10-16,20-21,23H,6-9,17-19,22H2,1-5H3,(H2-,34,35,36,37,40,41)/p+1. The number of nitrogens with zero attached hydrogens (tertiary/aromatic N) is 4. The fraction of sp³-hybridized carbons (Fsp3) is 0.469. The first kappa shape index (κ1) is 33.7. The van der Waals surface area contributed by atoms with E-state index in [1.54, 1.807) is 11.0 Å². The van der Waals surface area contributed by atoms with Crippen LogP contribution in [0.15, 0.2) is 54.3 Å². The average molecular weight is 639 g/mol. The van der Waals surface area contributed by atoms with Crippen LogP contribution in [0.5, 0.6) is 5.75 Å². The number of hydrogen-bond donors (Lipinski definition) is 3. The molecule has 1 aromatic carbocycles. The van der Waals surface area contributed by atoms with E-state index in [9.17, 15) is 14.4 Å². The minimum absolute atomic E-state index is 0.260. The second-order valence-corrected chi connectivity index (χ2v) is 13.5. The van der Waals surface area contributed by atoms with E-state index in [1.807, 2.05) is 50.4 Å². The van der Waals surface area contributed by atoms with Gasteiger partial charge in [-0.15, -0.1) is 0 Å². The fourth-order valence-electron chi connectivity index (χ4n) is 4.88. The summed E-state index contributed by atoms with van der Waals surface area (Å²) in [5, 5.41) is 11.0. The first-order valence-corrected chi connectivity index (χ1v) is 16.6. The molecule has 0 spiro atoms. The normalized spacial score (nSPS) is 15.4. The van der Waals surface area contributed by atoms with Gasteiger partial charge < -0.3 is 24.6 Å². The van der Waals surface area contributed by atoms with Gasteiger partial charge in [-0.25, -0.2) is 14.6 Å². The second-order valence-electron chi connectivity index (χ2n) is 11.6. The Balaban J connectivity index is 1.51. The van der Waals surface area contributed by atoms with Crippen molar-refractivity contribution in [3.8, 4) is 10.6 Å². The molecule has 4 amide bonds. The lowest BCUT2D eigenvalue weighted by molar-refractivity contribution is 0.0185. The number of anilines is 2. The van der Waals surface area contributed by atoms with Crippen molar-refractivity contribution in [3.05, 3.63) is 59.9 Å². The zero-order chi connectivity index (χ0) is 32.4. The number of hydrogen-bond acceptors (Lipinski definition) is 8. The Labute approximate surface area is 267 Å². The Bertz CT molecular complexity index is 1420. The molecule has 0 radical (unpaired) electrons. The van der Waals surface area contributed by atoms with Gasteiger partial charge in [0.2, 0.25) is 0 Å². The molecule has 3 heterocycles. The molecule has 2 atom stereocenters. The molecule has 1 fully saturated rings. The summed E-state index contributed by atoms with van der Waals surface area (Å²) in [7, 11) is -0.732. The third-order valence-electron chi connectivity index (χ3n) is 7.17. The van der Waals surface area contributed by atoms with Crippen molar-refractivity contribution in [3.63, 3.8) is 0 Å². The molecule has 3 N–H and O–H groups in total. The van der Waals surface area contributed by atoms with Gasteiger partial charge in [0.05, 0.1) is 6.20 Å². The summed E-state index contributed by atoms with van der Waals surface area (Å²) in [6.07, 6.45) is 5.49. The Kier molecular flexibility index (Phi) is 11.7. The van der Waals surface area contributed by atoms with Crippen LogP contribution in [0.3, 0.4) is 0 Å². The molecule has 0 bridgehead atoms. The van der Waals surface area contributed by atoms with Gasteiger partial charge in [-0.05, 0) is 58.8 Å². The van der Waals surface area contributed by atoms with Crippen molar-refractivity contribution in [1.29, 1.82) is 0 Å². The molecule has 3 aromatic rings. The van der Waals surface area contributed by atoms with E-state index in [0.29, 0.717) is 30.3 Å². The fourth-order valence-corrected chi connectivity index (χ4v) is 6.71. The van der Waals surface area contributed by atoms with Crippen molar-refractivity contribution in [2.24, 2.45) is 0 Å². The quantitative estimate of drug-likeness (QED) is 0.227. The van der Waals surface area contributed by atoms with Gasteiger partial charge in [-0.1, -0.05) is 13.8 Å². The number of piperidine rings is 1. The number of urea groups is 1. The lowest BCUT2D eigenvalue weighted by Crippen LogP contribution is -2.50. The largest absolute Gasteiger partial charge is 0.492 e. The van der Waals surface area contributed by atoms with E-state index in [1.165, 1.54) is 18.6 Å². The van der Waals surface area contributed by atoms with Gasteiger partial charge in [-0.2, -0.15) is 0 Å². The van der Waals surface area contributed by atoms with Crippen LogP contribution in [0.4, 0.5) is 20.4 Å². The van der Waals surface area contributed by atoms with Crippen LogP contribution in [0.25, 0.3) is 4.90 Å². The monoisotopic (exact) mass is 638 g/mol. The molecule has 242 valence electrons. The van der Waals surface area contributed by atoms with Gasteiger partial charge in [-0.3, -0.25) is 20.4 Å². The molecule has 1 aliphatic heterocycles. The van der Waals surface area contributed by atoms with E-state index in [-0.39, 0.29) is 17.8 Å². The molecular weight excluding hydrogens is 594 g/mol. The number of amides is 4. The summed E-state index contributed by atoms with van der Waals surface area (Å²) >= 11 is 0. The summed E-state index contributed by atoms with van der Waals surface area (Å²) in [5.41, 5.74) is -0.258. The number of likely N-dealkylation sites (tertiary alicyclic amines) is 1. The molecule has 45 heavy (non-hydrogen) atoms. The molecule has 13 heteroatoms. The van der Waals surface area contributed by atoms with Crippen LogP contribution >= 0.6 is 10.5 Å². The molecule has 0 aliphatic carbocycles. The molecule has 2 unspecified atom stereocenters. The van der Waals surface area contributed by atoms with Crippen molar-refractivity contribution in [2.45, 2.75) is 59.1 Å².